The molecule has 0 aliphatic rings. The predicted molar refractivity (Wildman–Crippen MR) is 110 cm³/mol. The van der Waals surface area contributed by atoms with Gasteiger partial charge in [-0.15, -0.1) is 11.8 Å². The summed E-state index contributed by atoms with van der Waals surface area (Å²) in [5.41, 5.74) is 0.737. The van der Waals surface area contributed by atoms with Crippen LogP contribution in [0.15, 0.2) is 64.4 Å². The lowest BCUT2D eigenvalue weighted by Gasteiger charge is -2.12. The lowest BCUT2D eigenvalue weighted by Crippen LogP contribution is -2.21. The van der Waals surface area contributed by atoms with Gasteiger partial charge in [-0.05, 0) is 42.2 Å². The zero-order chi connectivity index (χ0) is 21.4. The smallest absolute Gasteiger partial charge is 0.273 e. The van der Waals surface area contributed by atoms with Gasteiger partial charge in [-0.3, -0.25) is 4.79 Å². The fourth-order valence-corrected chi connectivity index (χ4v) is 3.12. The van der Waals surface area contributed by atoms with Gasteiger partial charge in [0.2, 0.25) is 0 Å². The van der Waals surface area contributed by atoms with E-state index in [1.54, 1.807) is 24.0 Å². The zero-order valence-corrected chi connectivity index (χ0v) is 16.8. The van der Waals surface area contributed by atoms with Crippen molar-refractivity contribution in [2.75, 3.05) is 6.26 Å². The van der Waals surface area contributed by atoms with Crippen molar-refractivity contribution >= 4 is 23.4 Å². The Kier molecular flexibility index (Phi) is 8.35. The molecule has 0 unspecified atom stereocenters. The van der Waals surface area contributed by atoms with Crippen LogP contribution in [-0.2, 0) is 13.2 Å². The monoisotopic (exact) mass is 439 g/mol. The molecular formula is C20H16ClF2NO4S. The molecule has 0 aliphatic heterocycles. The predicted octanol–water partition coefficient (Wildman–Crippen LogP) is 5.20. The summed E-state index contributed by atoms with van der Waals surface area (Å²) in [7, 11) is 0. The van der Waals surface area contributed by atoms with Crippen LogP contribution in [0, 0.1) is 21.6 Å². The number of thioether (sulfide) groups is 1. The van der Waals surface area contributed by atoms with E-state index < -0.39 is 17.2 Å². The highest BCUT2D eigenvalue weighted by Gasteiger charge is 2.11. The second kappa shape index (κ2) is 10.7. The lowest BCUT2D eigenvalue weighted by atomic mass is 10.2. The summed E-state index contributed by atoms with van der Waals surface area (Å²) in [5.74, 6) is -1.23. The van der Waals surface area contributed by atoms with E-state index in [9.17, 15) is 13.6 Å². The highest BCUT2D eigenvalue weighted by molar-refractivity contribution is 7.98. The maximum Gasteiger partial charge on any atom is 0.273 e. The number of aromatic nitrogens is 1. The molecule has 5 nitrogen and oxygen atoms in total. The summed E-state index contributed by atoms with van der Waals surface area (Å²) >= 11 is 7.77. The molecule has 0 amide bonds. The van der Waals surface area contributed by atoms with Crippen LogP contribution >= 0.6 is 23.4 Å². The standard InChI is InChI=1S/C20H16ClF2NO2S.O2/c1-27-16-6-2-13(3-7-16)11-24-9-8-18(19(21)20(24)25)26-12-14-4-5-15(22)10-17(14)23;1-2/h2-10H,11-12H2,1H3;. The third kappa shape index (κ3) is 5.88. The Morgan fingerprint density at radius 2 is 1.76 bits per heavy atom. The van der Waals surface area contributed by atoms with Crippen LogP contribution in [0.5, 0.6) is 5.75 Å². The number of benzene rings is 2. The number of hydrogen-bond donors (Lipinski definition) is 0. The van der Waals surface area contributed by atoms with Crippen LogP contribution in [0.3, 0.4) is 0 Å². The Hall–Kier alpha value is -2.71. The average Bonchev–Trinajstić information content (AvgIpc) is 2.74. The molecular weight excluding hydrogens is 424 g/mol. The van der Waals surface area contributed by atoms with Gasteiger partial charge in [-0.25, -0.2) is 8.78 Å². The molecule has 1 aromatic heterocycles. The molecule has 0 atom stereocenters. The average molecular weight is 440 g/mol. The van der Waals surface area contributed by atoms with Crippen molar-refractivity contribution in [2.45, 2.75) is 18.0 Å². The van der Waals surface area contributed by atoms with Gasteiger partial charge in [0.25, 0.3) is 5.56 Å². The van der Waals surface area contributed by atoms with Crippen LogP contribution in [0.1, 0.15) is 11.1 Å². The summed E-state index contributed by atoms with van der Waals surface area (Å²) in [4.78, 5) is 27.6. The van der Waals surface area contributed by atoms with Crippen LogP contribution in [0.2, 0.25) is 5.02 Å². The Labute approximate surface area is 174 Å². The molecule has 1 heterocycles. The van der Waals surface area contributed by atoms with Crippen LogP contribution < -0.4 is 10.3 Å². The minimum absolute atomic E-state index is 0.0826. The third-order valence-corrected chi connectivity index (χ3v) is 5.07. The number of ether oxygens (including phenoxy) is 1. The van der Waals surface area contributed by atoms with Gasteiger partial charge >= 0.3 is 0 Å². The Balaban J connectivity index is 0.00000145. The number of rotatable bonds is 6. The van der Waals surface area contributed by atoms with Gasteiger partial charge in [-0.2, -0.15) is 0 Å². The lowest BCUT2D eigenvalue weighted by molar-refractivity contribution is 0.298. The Morgan fingerprint density at radius 1 is 1.07 bits per heavy atom. The first-order valence-corrected chi connectivity index (χ1v) is 9.83. The minimum Gasteiger partial charge on any atom is -0.487 e. The molecule has 0 radical (unpaired) electrons. The highest BCUT2D eigenvalue weighted by atomic mass is 35.5. The van der Waals surface area contributed by atoms with Gasteiger partial charge in [0.15, 0.2) is 0 Å². The quantitative estimate of drug-likeness (QED) is 0.494. The first kappa shape index (κ1) is 22.6. The molecule has 152 valence electrons. The molecule has 0 aliphatic carbocycles. The zero-order valence-electron chi connectivity index (χ0n) is 15.2. The highest BCUT2D eigenvalue weighted by Crippen LogP contribution is 2.22. The van der Waals surface area contributed by atoms with Crippen molar-refractivity contribution < 1.29 is 13.5 Å². The minimum atomic E-state index is -0.715. The van der Waals surface area contributed by atoms with Crippen molar-refractivity contribution in [3.63, 3.8) is 0 Å². The van der Waals surface area contributed by atoms with Gasteiger partial charge in [-0.1, -0.05) is 23.7 Å². The van der Waals surface area contributed by atoms with E-state index in [0.717, 1.165) is 22.6 Å². The van der Waals surface area contributed by atoms with Crippen molar-refractivity contribution in [1.29, 1.82) is 0 Å². The summed E-state index contributed by atoms with van der Waals surface area (Å²) in [6, 6.07) is 12.6. The molecule has 0 fully saturated rings. The van der Waals surface area contributed by atoms with E-state index in [4.69, 9.17) is 26.3 Å². The number of hydrogen-bond acceptors (Lipinski definition) is 5. The summed E-state index contributed by atoms with van der Waals surface area (Å²) in [6.45, 7) is 0.214. The largest absolute Gasteiger partial charge is 0.487 e. The second-order valence-electron chi connectivity index (χ2n) is 5.80. The van der Waals surface area contributed by atoms with Crippen molar-refractivity contribution in [1.82, 2.24) is 4.57 Å². The molecule has 0 spiro atoms. The SMILES string of the molecule is CSc1ccc(Cn2ccc(OCc3ccc(F)cc3F)c(Cl)c2=O)cc1.O=O. The van der Waals surface area contributed by atoms with Gasteiger partial charge in [0, 0.05) is 32.7 Å². The first-order valence-electron chi connectivity index (χ1n) is 8.23. The molecule has 0 saturated heterocycles. The maximum absolute atomic E-state index is 13.7. The summed E-state index contributed by atoms with van der Waals surface area (Å²) < 4.78 is 33.5. The summed E-state index contributed by atoms with van der Waals surface area (Å²) in [6.07, 6.45) is 3.57. The van der Waals surface area contributed by atoms with E-state index >= 15 is 0 Å². The molecule has 9 heteroatoms. The van der Waals surface area contributed by atoms with Crippen molar-refractivity contribution in [3.05, 3.63) is 103 Å². The number of nitrogens with zero attached hydrogens (tertiary/aromatic N) is 1. The van der Waals surface area contributed by atoms with E-state index in [1.165, 1.54) is 10.6 Å². The first-order chi connectivity index (χ1) is 14.0. The number of halogens is 3. The van der Waals surface area contributed by atoms with Crippen LogP contribution in [0.4, 0.5) is 8.78 Å². The molecule has 0 N–H and O–H groups in total. The van der Waals surface area contributed by atoms with E-state index in [1.807, 2.05) is 30.5 Å². The van der Waals surface area contributed by atoms with Gasteiger partial charge in [0.1, 0.15) is 29.0 Å². The van der Waals surface area contributed by atoms with E-state index in [0.29, 0.717) is 6.54 Å². The molecule has 29 heavy (non-hydrogen) atoms. The van der Waals surface area contributed by atoms with Crippen molar-refractivity contribution in [2.24, 2.45) is 0 Å². The van der Waals surface area contributed by atoms with Crippen LogP contribution in [0.25, 0.3) is 0 Å². The topological polar surface area (TPSA) is 65.4 Å². The fraction of sp³-hybridized carbons (Fsp3) is 0.150. The molecule has 3 aromatic rings. The summed E-state index contributed by atoms with van der Waals surface area (Å²) in [5, 5.41) is -0.0826. The van der Waals surface area contributed by atoms with E-state index in [-0.39, 0.29) is 22.9 Å². The Bertz CT molecular complexity index is 1030. The van der Waals surface area contributed by atoms with Gasteiger partial charge < -0.3 is 9.30 Å². The second-order valence-corrected chi connectivity index (χ2v) is 7.06. The fourth-order valence-electron chi connectivity index (χ4n) is 2.49. The van der Waals surface area contributed by atoms with E-state index in [2.05, 4.69) is 0 Å². The molecule has 2 aromatic carbocycles. The molecule has 3 rings (SSSR count). The van der Waals surface area contributed by atoms with Crippen molar-refractivity contribution in [3.8, 4) is 5.75 Å². The van der Waals surface area contributed by atoms with Crippen LogP contribution in [-0.4, -0.2) is 10.8 Å². The third-order valence-electron chi connectivity index (χ3n) is 3.98. The number of pyridine rings is 1. The molecule has 0 bridgehead atoms. The maximum atomic E-state index is 13.7. The molecule has 0 saturated carbocycles. The van der Waals surface area contributed by atoms with Gasteiger partial charge in [0.05, 0.1) is 6.54 Å². The normalized spacial score (nSPS) is 10.2. The Morgan fingerprint density at radius 3 is 2.38 bits per heavy atom.